The van der Waals surface area contributed by atoms with Crippen molar-refractivity contribution in [3.05, 3.63) is 0 Å². The van der Waals surface area contributed by atoms with Gasteiger partial charge in [0.15, 0.2) is 0 Å². The molecule has 0 saturated heterocycles. The van der Waals surface area contributed by atoms with Gasteiger partial charge >= 0.3 is 0 Å². The van der Waals surface area contributed by atoms with Crippen molar-refractivity contribution in [2.24, 2.45) is 0 Å². The summed E-state index contributed by atoms with van der Waals surface area (Å²) in [7, 11) is 0. The van der Waals surface area contributed by atoms with Crippen LogP contribution in [0.5, 0.6) is 0 Å². The number of ether oxygens (including phenoxy) is 2. The monoisotopic (exact) mass is 163 g/mol. The van der Waals surface area contributed by atoms with Crippen LogP contribution in [0.4, 0.5) is 0 Å². The topological polar surface area (TPSA) is 67.8 Å². The summed E-state index contributed by atoms with van der Waals surface area (Å²) in [5, 5.41) is 8.10. The van der Waals surface area contributed by atoms with Crippen LogP contribution in [-0.4, -0.2) is 44.5 Å². The van der Waals surface area contributed by atoms with E-state index in [1.807, 2.05) is 5.48 Å². The average molecular weight is 163 g/mol. The molecule has 0 spiro atoms. The lowest BCUT2D eigenvalue weighted by Gasteiger charge is -2.01. The molecule has 0 aliphatic carbocycles. The number of hydrogen-bond acceptors (Lipinski definition) is 5. The zero-order chi connectivity index (χ0) is 8.36. The normalized spacial score (nSPS) is 9.91. The highest BCUT2D eigenvalue weighted by atomic mass is 16.5. The van der Waals surface area contributed by atoms with Gasteiger partial charge in [-0.2, -0.15) is 0 Å². The highest BCUT2D eigenvalue weighted by Gasteiger charge is 1.87. The predicted molar refractivity (Wildman–Crippen MR) is 37.5 cm³/mol. The molecular formula is C6H13NO4. The summed E-state index contributed by atoms with van der Waals surface area (Å²) in [5.41, 5.74) is 1.95. The Morgan fingerprint density at radius 3 is 2.64 bits per heavy atom. The lowest BCUT2D eigenvalue weighted by Crippen LogP contribution is -2.16. The van der Waals surface area contributed by atoms with Crippen LogP contribution in [0, 0.1) is 0 Å². The maximum absolute atomic E-state index is 9.73. The van der Waals surface area contributed by atoms with Crippen LogP contribution in [0.1, 0.15) is 0 Å². The van der Waals surface area contributed by atoms with Gasteiger partial charge in [-0.15, -0.1) is 0 Å². The summed E-state index contributed by atoms with van der Waals surface area (Å²) in [6, 6.07) is 0. The number of carbonyl (C=O) groups excluding carboxylic acids is 1. The van der Waals surface area contributed by atoms with Crippen LogP contribution in [0.3, 0.4) is 0 Å². The molecule has 0 unspecified atom stereocenters. The molecular weight excluding hydrogens is 150 g/mol. The highest BCUT2D eigenvalue weighted by Crippen LogP contribution is 1.75. The third-order valence-corrected chi connectivity index (χ3v) is 0.916. The fourth-order valence-electron chi connectivity index (χ4n) is 0.469. The Kier molecular flexibility index (Phi) is 9.09. The lowest BCUT2D eigenvalue weighted by atomic mass is 10.7. The van der Waals surface area contributed by atoms with E-state index >= 15 is 0 Å². The summed E-state index contributed by atoms with van der Waals surface area (Å²) in [4.78, 5) is 9.73. The summed E-state index contributed by atoms with van der Waals surface area (Å²) in [6.45, 7) is 1.79. The van der Waals surface area contributed by atoms with Crippen LogP contribution >= 0.6 is 0 Å². The van der Waals surface area contributed by atoms with Crippen molar-refractivity contribution in [1.29, 1.82) is 0 Å². The molecule has 0 saturated carbocycles. The van der Waals surface area contributed by atoms with Gasteiger partial charge in [0.05, 0.1) is 19.8 Å². The molecule has 0 heterocycles. The first-order chi connectivity index (χ1) is 5.41. The molecule has 0 aromatic carbocycles. The minimum absolute atomic E-state index is 0.113. The zero-order valence-electron chi connectivity index (χ0n) is 6.28. The Balaban J connectivity index is 2.74. The van der Waals surface area contributed by atoms with Crippen molar-refractivity contribution in [3.8, 4) is 0 Å². The minimum Gasteiger partial charge on any atom is -0.378 e. The number of carbonyl (C=O) groups is 1. The molecule has 0 bridgehead atoms. The third kappa shape index (κ3) is 9.51. The largest absolute Gasteiger partial charge is 0.378 e. The van der Waals surface area contributed by atoms with Crippen molar-refractivity contribution < 1.29 is 19.5 Å². The van der Waals surface area contributed by atoms with E-state index in [1.165, 1.54) is 0 Å². The van der Waals surface area contributed by atoms with Gasteiger partial charge in [-0.1, -0.05) is 0 Å². The fraction of sp³-hybridized carbons (Fsp3) is 0.833. The van der Waals surface area contributed by atoms with E-state index in [1.54, 1.807) is 0 Å². The second kappa shape index (κ2) is 9.51. The maximum Gasteiger partial charge on any atom is 0.145 e. The number of hydroxylamine groups is 1. The van der Waals surface area contributed by atoms with Crippen molar-refractivity contribution >= 4 is 6.29 Å². The first-order valence-electron chi connectivity index (χ1n) is 3.38. The zero-order valence-corrected chi connectivity index (χ0v) is 6.28. The highest BCUT2D eigenvalue weighted by molar-refractivity contribution is 5.50. The molecule has 0 atom stereocenters. The van der Waals surface area contributed by atoms with Gasteiger partial charge in [-0.3, -0.25) is 0 Å². The molecule has 0 aromatic rings. The van der Waals surface area contributed by atoms with Crippen molar-refractivity contribution in [3.63, 3.8) is 0 Å². The molecule has 66 valence electrons. The molecule has 0 aliphatic rings. The number of nitrogens with one attached hydrogen (secondary N) is 1. The van der Waals surface area contributed by atoms with Crippen molar-refractivity contribution in [1.82, 2.24) is 5.48 Å². The van der Waals surface area contributed by atoms with Gasteiger partial charge in [0.1, 0.15) is 12.9 Å². The Labute approximate surface area is 65.3 Å². The summed E-state index contributed by atoms with van der Waals surface area (Å²) >= 11 is 0. The smallest absolute Gasteiger partial charge is 0.145 e. The molecule has 0 fully saturated rings. The quantitative estimate of drug-likeness (QED) is 0.278. The van der Waals surface area contributed by atoms with Crippen molar-refractivity contribution in [2.45, 2.75) is 0 Å². The Bertz CT molecular complexity index is 88.7. The summed E-state index contributed by atoms with van der Waals surface area (Å²) < 4.78 is 9.74. The molecule has 5 nitrogen and oxygen atoms in total. The lowest BCUT2D eigenvalue weighted by molar-refractivity contribution is -0.112. The molecule has 11 heavy (non-hydrogen) atoms. The second-order valence-electron chi connectivity index (χ2n) is 1.76. The van der Waals surface area contributed by atoms with Crippen LogP contribution in [0.15, 0.2) is 0 Å². The van der Waals surface area contributed by atoms with E-state index in [0.717, 1.165) is 0 Å². The second-order valence-corrected chi connectivity index (χ2v) is 1.76. The first-order valence-corrected chi connectivity index (χ1v) is 3.38. The molecule has 0 aromatic heterocycles. The van der Waals surface area contributed by atoms with Gasteiger partial charge < -0.3 is 19.5 Å². The fourth-order valence-corrected chi connectivity index (χ4v) is 0.469. The molecule has 0 radical (unpaired) electrons. The summed E-state index contributed by atoms with van der Waals surface area (Å²) in [5.74, 6) is 0. The Morgan fingerprint density at radius 1 is 1.27 bits per heavy atom. The van der Waals surface area contributed by atoms with Crippen LogP contribution in [0.2, 0.25) is 0 Å². The van der Waals surface area contributed by atoms with E-state index in [2.05, 4.69) is 0 Å². The Hall–Kier alpha value is -0.490. The average Bonchev–Trinajstić information content (AvgIpc) is 2.03. The number of aldehydes is 1. The molecule has 2 N–H and O–H groups in total. The van der Waals surface area contributed by atoms with E-state index in [-0.39, 0.29) is 6.61 Å². The van der Waals surface area contributed by atoms with E-state index < -0.39 is 0 Å². The van der Waals surface area contributed by atoms with Crippen molar-refractivity contribution in [2.75, 3.05) is 33.0 Å². The molecule has 0 aliphatic heterocycles. The number of hydrogen-bond donors (Lipinski definition) is 2. The van der Waals surface area contributed by atoms with Gasteiger partial charge in [-0.25, -0.2) is 5.48 Å². The van der Waals surface area contributed by atoms with Crippen LogP contribution in [-0.2, 0) is 14.3 Å². The number of rotatable bonds is 8. The van der Waals surface area contributed by atoms with Gasteiger partial charge in [0, 0.05) is 6.54 Å². The first kappa shape index (κ1) is 10.5. The van der Waals surface area contributed by atoms with Gasteiger partial charge in [0.25, 0.3) is 0 Å². The van der Waals surface area contributed by atoms with E-state index in [4.69, 9.17) is 14.7 Å². The molecule has 0 rings (SSSR count). The summed E-state index contributed by atoms with van der Waals surface area (Å²) in [6.07, 6.45) is 0.690. The van der Waals surface area contributed by atoms with E-state index in [0.29, 0.717) is 32.7 Å². The van der Waals surface area contributed by atoms with Gasteiger partial charge in [0.2, 0.25) is 0 Å². The minimum atomic E-state index is 0.113. The third-order valence-electron chi connectivity index (χ3n) is 0.916. The van der Waals surface area contributed by atoms with Gasteiger partial charge in [-0.05, 0) is 0 Å². The SMILES string of the molecule is O=CCOCCOCCNO. The predicted octanol–water partition coefficient (Wildman–Crippen LogP) is -0.803. The standard InChI is InChI=1S/C6H13NO4/c8-2-4-11-6-5-10-3-1-7-9/h2,7,9H,1,3-6H2. The molecule has 0 amide bonds. The van der Waals surface area contributed by atoms with Crippen LogP contribution < -0.4 is 5.48 Å². The molecule has 5 heteroatoms. The Morgan fingerprint density at radius 2 is 2.00 bits per heavy atom. The maximum atomic E-state index is 9.73. The van der Waals surface area contributed by atoms with E-state index in [9.17, 15) is 4.79 Å². The van der Waals surface area contributed by atoms with Crippen LogP contribution in [0.25, 0.3) is 0 Å².